The van der Waals surface area contributed by atoms with Gasteiger partial charge in [0.05, 0.1) is 0 Å². The van der Waals surface area contributed by atoms with Gasteiger partial charge in [-0.3, -0.25) is 4.79 Å². The number of benzene rings is 1. The number of carbonyl (C=O) groups is 1. The van der Waals surface area contributed by atoms with Crippen molar-refractivity contribution in [2.24, 2.45) is 0 Å². The van der Waals surface area contributed by atoms with E-state index in [1.165, 1.54) is 0 Å². The molecule has 0 radical (unpaired) electrons. The van der Waals surface area contributed by atoms with E-state index in [0.717, 1.165) is 4.90 Å². The summed E-state index contributed by atoms with van der Waals surface area (Å²) < 4.78 is -2.08. The highest BCUT2D eigenvalue weighted by atomic mass is 35.6. The molecule has 12 heteroatoms. The van der Waals surface area contributed by atoms with Crippen LogP contribution in [0.15, 0.2) is 30.3 Å². The van der Waals surface area contributed by atoms with Gasteiger partial charge in [-0.1, -0.05) is 53.0 Å². The molecule has 3 N–H and O–H groups in total. The molecule has 0 unspecified atom stereocenters. The molecule has 1 aromatic heterocycles. The number of nitrogens with zero attached hydrogens (tertiary/aromatic N) is 5. The molecule has 1 aromatic carbocycles. The summed E-state index contributed by atoms with van der Waals surface area (Å²) in [5, 5.41) is 18.5. The van der Waals surface area contributed by atoms with Crippen LogP contribution in [0.1, 0.15) is 38.1 Å². The van der Waals surface area contributed by atoms with Gasteiger partial charge >= 0.3 is 0 Å². The number of amides is 1. The standard InChI is InChI=1S/C19H23Cl3N8O/c1-11(2)24-16-27-17(25-12(3)4)29-18(28-16)30(10-23)15(19(20,21)22)26-14(31)13-8-6-5-7-9-13/h5-9,11-12,15H,1-4H3,(H,26,31)(H2,24,25,27,28,29)/t15-/m1/s1. The lowest BCUT2D eigenvalue weighted by Crippen LogP contribution is -2.54. The Hall–Kier alpha value is -2.54. The molecule has 1 atom stereocenters. The van der Waals surface area contributed by atoms with E-state index in [2.05, 4.69) is 30.9 Å². The zero-order valence-corrected chi connectivity index (χ0v) is 19.7. The van der Waals surface area contributed by atoms with Crippen molar-refractivity contribution >= 4 is 58.6 Å². The van der Waals surface area contributed by atoms with Crippen LogP contribution in [0.3, 0.4) is 0 Å². The molecule has 0 fully saturated rings. The van der Waals surface area contributed by atoms with Crippen molar-refractivity contribution in [3.8, 4) is 6.19 Å². The first-order valence-corrected chi connectivity index (χ1v) is 10.6. The minimum Gasteiger partial charge on any atom is -0.352 e. The van der Waals surface area contributed by atoms with Crippen LogP contribution in [0.4, 0.5) is 17.8 Å². The first kappa shape index (κ1) is 24.7. The Bertz CT molecular complexity index is 900. The smallest absolute Gasteiger partial charge is 0.253 e. The SMILES string of the molecule is CC(C)Nc1nc(NC(C)C)nc(N(C#N)[C@@H](NC(=O)c2ccccc2)C(Cl)(Cl)Cl)n1. The van der Waals surface area contributed by atoms with Crippen LogP contribution in [0.2, 0.25) is 0 Å². The molecular formula is C19H23Cl3N8O. The molecule has 31 heavy (non-hydrogen) atoms. The second-order valence-corrected chi connectivity index (χ2v) is 9.50. The van der Waals surface area contributed by atoms with Crippen LogP contribution < -0.4 is 20.9 Å². The summed E-state index contributed by atoms with van der Waals surface area (Å²) in [6.45, 7) is 7.63. The topological polar surface area (TPSA) is 119 Å². The average Bonchev–Trinajstić information content (AvgIpc) is 2.66. The Morgan fingerprint density at radius 3 is 1.94 bits per heavy atom. The molecular weight excluding hydrogens is 463 g/mol. The predicted molar refractivity (Wildman–Crippen MR) is 123 cm³/mol. The van der Waals surface area contributed by atoms with E-state index in [-0.39, 0.29) is 29.9 Å². The molecule has 0 bridgehead atoms. The van der Waals surface area contributed by atoms with E-state index in [1.807, 2.05) is 33.9 Å². The Labute approximate surface area is 196 Å². The van der Waals surface area contributed by atoms with Crippen LogP contribution >= 0.6 is 34.8 Å². The van der Waals surface area contributed by atoms with E-state index in [9.17, 15) is 10.1 Å². The number of carbonyl (C=O) groups excluding carboxylic acids is 1. The number of aromatic nitrogens is 3. The maximum atomic E-state index is 12.7. The first-order valence-electron chi connectivity index (χ1n) is 9.42. The maximum Gasteiger partial charge on any atom is 0.253 e. The first-order chi connectivity index (χ1) is 14.5. The van der Waals surface area contributed by atoms with Crippen LogP contribution in [-0.2, 0) is 0 Å². The number of halogens is 3. The molecule has 2 aromatic rings. The van der Waals surface area contributed by atoms with Gasteiger partial charge in [0.2, 0.25) is 21.6 Å². The Morgan fingerprint density at radius 2 is 1.52 bits per heavy atom. The second-order valence-electron chi connectivity index (χ2n) is 7.13. The van der Waals surface area contributed by atoms with E-state index in [1.54, 1.807) is 30.3 Å². The fourth-order valence-corrected chi connectivity index (χ4v) is 2.88. The highest BCUT2D eigenvalue weighted by Crippen LogP contribution is 2.34. The van der Waals surface area contributed by atoms with E-state index >= 15 is 0 Å². The van der Waals surface area contributed by atoms with E-state index < -0.39 is 15.9 Å². The fourth-order valence-electron chi connectivity index (χ4n) is 2.43. The Morgan fingerprint density at radius 1 is 1.00 bits per heavy atom. The highest BCUT2D eigenvalue weighted by molar-refractivity contribution is 6.68. The van der Waals surface area contributed by atoms with Crippen molar-refractivity contribution in [1.29, 1.82) is 5.26 Å². The fraction of sp³-hybridized carbons (Fsp3) is 0.421. The quantitative estimate of drug-likeness (QED) is 0.223. The number of nitriles is 1. The van der Waals surface area contributed by atoms with Crippen LogP contribution in [0.5, 0.6) is 0 Å². The van der Waals surface area contributed by atoms with E-state index in [4.69, 9.17) is 34.8 Å². The van der Waals surface area contributed by atoms with Crippen molar-refractivity contribution in [3.05, 3.63) is 35.9 Å². The molecule has 9 nitrogen and oxygen atoms in total. The number of hydrogen-bond donors (Lipinski definition) is 3. The Kier molecular flexibility index (Phi) is 8.51. The number of rotatable bonds is 8. The van der Waals surface area contributed by atoms with Gasteiger partial charge in [-0.2, -0.15) is 20.2 Å². The van der Waals surface area contributed by atoms with Crippen LogP contribution in [-0.4, -0.2) is 42.9 Å². The van der Waals surface area contributed by atoms with Gasteiger partial charge in [-0.05, 0) is 39.8 Å². The third kappa shape index (κ3) is 7.28. The molecule has 0 aliphatic rings. The van der Waals surface area contributed by atoms with E-state index in [0.29, 0.717) is 5.56 Å². The summed E-state index contributed by atoms with van der Waals surface area (Å²) >= 11 is 18.4. The largest absolute Gasteiger partial charge is 0.352 e. The summed E-state index contributed by atoms with van der Waals surface area (Å²) in [7, 11) is 0. The lowest BCUT2D eigenvalue weighted by molar-refractivity contribution is 0.0938. The lowest BCUT2D eigenvalue weighted by Gasteiger charge is -2.31. The minimum atomic E-state index is -2.08. The van der Waals surface area contributed by atoms with Gasteiger partial charge in [0.25, 0.3) is 5.91 Å². The lowest BCUT2D eigenvalue weighted by atomic mass is 10.2. The highest BCUT2D eigenvalue weighted by Gasteiger charge is 2.41. The summed E-state index contributed by atoms with van der Waals surface area (Å²) in [5.41, 5.74) is 0.333. The second kappa shape index (κ2) is 10.7. The van der Waals surface area contributed by atoms with Crippen molar-refractivity contribution in [2.75, 3.05) is 15.5 Å². The van der Waals surface area contributed by atoms with Crippen molar-refractivity contribution in [2.45, 2.75) is 49.7 Å². The van der Waals surface area contributed by atoms with Gasteiger partial charge < -0.3 is 16.0 Å². The third-order valence-corrected chi connectivity index (χ3v) is 4.27. The van der Waals surface area contributed by atoms with Crippen molar-refractivity contribution < 1.29 is 4.79 Å². The molecule has 0 spiro atoms. The number of hydrogen-bond acceptors (Lipinski definition) is 8. The maximum absolute atomic E-state index is 12.7. The van der Waals surface area contributed by atoms with Gasteiger partial charge in [0, 0.05) is 17.6 Å². The molecule has 2 rings (SSSR count). The normalized spacial score (nSPS) is 12.3. The molecule has 0 aliphatic carbocycles. The summed E-state index contributed by atoms with van der Waals surface area (Å²) in [6.07, 6.45) is 0.508. The summed E-state index contributed by atoms with van der Waals surface area (Å²) in [4.78, 5) is 26.4. The number of anilines is 3. The number of alkyl halides is 3. The van der Waals surface area contributed by atoms with Crippen molar-refractivity contribution in [3.63, 3.8) is 0 Å². The predicted octanol–water partition coefficient (Wildman–Crippen LogP) is 3.93. The average molecular weight is 486 g/mol. The summed E-state index contributed by atoms with van der Waals surface area (Å²) in [5.74, 6) is -0.192. The molecule has 0 saturated heterocycles. The molecule has 1 heterocycles. The van der Waals surface area contributed by atoms with Gasteiger partial charge in [-0.25, -0.2) is 4.90 Å². The molecule has 0 saturated carbocycles. The molecule has 0 aliphatic heterocycles. The molecule has 166 valence electrons. The van der Waals surface area contributed by atoms with Gasteiger partial charge in [0.1, 0.15) is 0 Å². The van der Waals surface area contributed by atoms with Gasteiger partial charge in [-0.15, -0.1) is 0 Å². The number of nitrogens with one attached hydrogen (secondary N) is 3. The monoisotopic (exact) mass is 484 g/mol. The molecule has 1 amide bonds. The van der Waals surface area contributed by atoms with Crippen LogP contribution in [0.25, 0.3) is 0 Å². The summed E-state index contributed by atoms with van der Waals surface area (Å²) in [6, 6.07) is 8.38. The van der Waals surface area contributed by atoms with Crippen molar-refractivity contribution in [1.82, 2.24) is 20.3 Å². The van der Waals surface area contributed by atoms with Gasteiger partial charge in [0.15, 0.2) is 12.4 Å². The van der Waals surface area contributed by atoms with Crippen LogP contribution in [0, 0.1) is 11.5 Å². The minimum absolute atomic E-state index is 0.0134. The zero-order valence-electron chi connectivity index (χ0n) is 17.4. The zero-order chi connectivity index (χ0) is 23.2. The third-order valence-electron chi connectivity index (χ3n) is 3.65. The Balaban J connectivity index is 2.47.